The van der Waals surface area contributed by atoms with Gasteiger partial charge >= 0.3 is 0 Å². The molecule has 0 spiro atoms. The van der Waals surface area contributed by atoms with Gasteiger partial charge in [-0.15, -0.1) is 11.6 Å². The van der Waals surface area contributed by atoms with Crippen molar-refractivity contribution in [3.8, 4) is 22.9 Å². The topological polar surface area (TPSA) is 95.3 Å². The zero-order valence-corrected chi connectivity index (χ0v) is 24.6. The lowest BCUT2D eigenvalue weighted by molar-refractivity contribution is 0.341. The fourth-order valence-corrected chi connectivity index (χ4v) is 6.05. The first-order valence-electron chi connectivity index (χ1n) is 12.7. The normalized spacial score (nSPS) is 16.1. The molecule has 4 rings (SSSR count). The van der Waals surface area contributed by atoms with E-state index in [1.165, 1.54) is 6.26 Å². The van der Waals surface area contributed by atoms with E-state index in [9.17, 15) is 13.7 Å². The number of aromatic nitrogens is 1. The van der Waals surface area contributed by atoms with Crippen LogP contribution in [0.4, 0.5) is 5.82 Å². The van der Waals surface area contributed by atoms with Crippen LogP contribution >= 0.6 is 23.2 Å². The molecule has 1 aliphatic rings. The fraction of sp³-hybridized carbons (Fsp3) is 0.379. The number of rotatable bonds is 9. The van der Waals surface area contributed by atoms with Crippen LogP contribution in [0.2, 0.25) is 5.02 Å². The highest BCUT2D eigenvalue weighted by Gasteiger charge is 2.26. The predicted octanol–water partition coefficient (Wildman–Crippen LogP) is 5.74. The zero-order chi connectivity index (χ0) is 28.2. The van der Waals surface area contributed by atoms with Crippen molar-refractivity contribution in [1.82, 2.24) is 9.71 Å². The molecule has 0 amide bonds. The van der Waals surface area contributed by atoms with Crippen LogP contribution in [0.5, 0.6) is 5.75 Å². The summed E-state index contributed by atoms with van der Waals surface area (Å²) in [5.74, 6) is 1.50. The van der Waals surface area contributed by atoms with E-state index >= 15 is 0 Å². The molecule has 0 aliphatic carbocycles. The van der Waals surface area contributed by atoms with Crippen molar-refractivity contribution in [1.29, 1.82) is 5.26 Å². The number of anilines is 1. The van der Waals surface area contributed by atoms with E-state index in [2.05, 4.69) is 58.8 Å². The van der Waals surface area contributed by atoms with Crippen molar-refractivity contribution < 1.29 is 13.2 Å². The molecule has 10 heteroatoms. The molecule has 1 aromatic heterocycles. The van der Waals surface area contributed by atoms with Gasteiger partial charge in [-0.1, -0.05) is 49.7 Å². The van der Waals surface area contributed by atoms with Gasteiger partial charge in [0.15, 0.2) is 5.75 Å². The number of nitrogens with one attached hydrogen (secondary N) is 1. The second-order valence-corrected chi connectivity index (χ2v) is 12.8. The van der Waals surface area contributed by atoms with Crippen LogP contribution in [-0.2, 0) is 15.4 Å². The van der Waals surface area contributed by atoms with E-state index in [0.29, 0.717) is 28.8 Å². The molecular weight excluding hydrogens is 555 g/mol. The number of alkyl halides is 1. The highest BCUT2D eigenvalue weighted by Crippen LogP contribution is 2.38. The fourth-order valence-electron chi connectivity index (χ4n) is 4.90. The summed E-state index contributed by atoms with van der Waals surface area (Å²) in [7, 11) is -3.24. The van der Waals surface area contributed by atoms with Crippen molar-refractivity contribution in [2.45, 2.75) is 38.1 Å². The number of halogens is 2. The van der Waals surface area contributed by atoms with E-state index in [4.69, 9.17) is 27.9 Å². The van der Waals surface area contributed by atoms with Gasteiger partial charge < -0.3 is 9.64 Å². The first-order valence-corrected chi connectivity index (χ1v) is 15.5. The van der Waals surface area contributed by atoms with Gasteiger partial charge in [0.25, 0.3) is 0 Å². The van der Waals surface area contributed by atoms with Crippen LogP contribution in [0.15, 0.2) is 54.7 Å². The van der Waals surface area contributed by atoms with Crippen LogP contribution < -0.4 is 14.4 Å². The molecule has 39 heavy (non-hydrogen) atoms. The maximum atomic E-state index is 11.6. The van der Waals surface area contributed by atoms with Gasteiger partial charge in [-0.05, 0) is 53.8 Å². The van der Waals surface area contributed by atoms with Crippen LogP contribution in [0.1, 0.15) is 43.4 Å². The summed E-state index contributed by atoms with van der Waals surface area (Å²) in [5, 5.41) is 10.1. The highest BCUT2D eigenvalue weighted by atomic mass is 35.5. The van der Waals surface area contributed by atoms with Crippen molar-refractivity contribution in [3.63, 3.8) is 0 Å². The minimum absolute atomic E-state index is 0.111. The average Bonchev–Trinajstić information content (AvgIpc) is 2.91. The monoisotopic (exact) mass is 586 g/mol. The predicted molar refractivity (Wildman–Crippen MR) is 157 cm³/mol. The smallest absolute Gasteiger partial charge is 0.209 e. The summed E-state index contributed by atoms with van der Waals surface area (Å²) >= 11 is 12.2. The number of piperidine rings is 1. The number of hydrogen-bond donors (Lipinski definition) is 1. The Labute approximate surface area is 240 Å². The SMILES string of the molecule is CC(C)(c1ccc(-c2ccc(N3CCCC(NS(C)(=O)=O)C3)nc2)cc1)c1cc(Cl)c(OCCCl)c(C#N)c1. The van der Waals surface area contributed by atoms with Gasteiger partial charge in [-0.3, -0.25) is 0 Å². The lowest BCUT2D eigenvalue weighted by Gasteiger charge is -2.33. The van der Waals surface area contributed by atoms with E-state index in [0.717, 1.165) is 47.5 Å². The van der Waals surface area contributed by atoms with Gasteiger partial charge in [0, 0.05) is 36.3 Å². The van der Waals surface area contributed by atoms with Gasteiger partial charge in [0.05, 0.1) is 22.7 Å². The molecule has 1 saturated heterocycles. The third-order valence-electron chi connectivity index (χ3n) is 7.02. The van der Waals surface area contributed by atoms with Crippen LogP contribution in [-0.4, -0.2) is 51.3 Å². The van der Waals surface area contributed by atoms with E-state index in [1.54, 1.807) is 0 Å². The van der Waals surface area contributed by atoms with Crippen molar-refractivity contribution in [2.75, 3.05) is 36.7 Å². The summed E-state index contributed by atoms with van der Waals surface area (Å²) in [6, 6.07) is 18.0. The number of sulfonamides is 1. The largest absolute Gasteiger partial charge is 0.489 e. The number of benzene rings is 2. The highest BCUT2D eigenvalue weighted by molar-refractivity contribution is 7.88. The number of nitriles is 1. The minimum atomic E-state index is -3.24. The molecule has 0 radical (unpaired) electrons. The number of pyridine rings is 1. The Morgan fingerprint density at radius 3 is 2.49 bits per heavy atom. The molecule has 0 saturated carbocycles. The first kappa shape index (κ1) is 29.2. The van der Waals surface area contributed by atoms with Crippen LogP contribution in [0.3, 0.4) is 0 Å². The molecule has 2 heterocycles. The maximum Gasteiger partial charge on any atom is 0.209 e. The third kappa shape index (κ3) is 7.03. The Morgan fingerprint density at radius 1 is 1.15 bits per heavy atom. The standard InChI is InChI=1S/C29H32Cl2N4O3S/c1-29(2,24-15-22(17-32)28(26(31)16-24)38-14-12-30)23-9-6-20(7-10-23)21-8-11-27(33-18-21)35-13-4-5-25(19-35)34-39(3,36)37/h6-11,15-16,18,25,34H,4-5,12-14,19H2,1-3H3. The summed E-state index contributed by atoms with van der Waals surface area (Å²) in [6.07, 6.45) is 4.76. The molecule has 1 aliphatic heterocycles. The van der Waals surface area contributed by atoms with Gasteiger partial charge in [0.2, 0.25) is 10.0 Å². The van der Waals surface area contributed by atoms with Crippen LogP contribution in [0.25, 0.3) is 11.1 Å². The van der Waals surface area contributed by atoms with Crippen molar-refractivity contribution in [2.24, 2.45) is 0 Å². The molecule has 3 aromatic rings. The number of hydrogen-bond acceptors (Lipinski definition) is 6. The van der Waals surface area contributed by atoms with E-state index < -0.39 is 15.4 Å². The molecular formula is C29H32Cl2N4O3S. The number of ether oxygens (including phenoxy) is 1. The Balaban J connectivity index is 1.51. The van der Waals surface area contributed by atoms with E-state index in [1.807, 2.05) is 30.5 Å². The zero-order valence-electron chi connectivity index (χ0n) is 22.2. The summed E-state index contributed by atoms with van der Waals surface area (Å²) in [4.78, 5) is 6.79. The second-order valence-electron chi connectivity index (χ2n) is 10.3. The summed E-state index contributed by atoms with van der Waals surface area (Å²) in [6.45, 7) is 5.90. The molecule has 0 bridgehead atoms. The molecule has 2 aromatic carbocycles. The molecule has 7 nitrogen and oxygen atoms in total. The average molecular weight is 588 g/mol. The lowest BCUT2D eigenvalue weighted by atomic mass is 9.77. The Bertz CT molecular complexity index is 1450. The van der Waals surface area contributed by atoms with Crippen molar-refractivity contribution >= 4 is 39.0 Å². The second kappa shape index (κ2) is 12.1. The molecule has 1 N–H and O–H groups in total. The third-order valence-corrected chi connectivity index (χ3v) is 8.22. The Hall–Kier alpha value is -2.83. The van der Waals surface area contributed by atoms with Crippen molar-refractivity contribution in [3.05, 3.63) is 76.4 Å². The first-order chi connectivity index (χ1) is 18.5. The Morgan fingerprint density at radius 2 is 1.87 bits per heavy atom. The summed E-state index contributed by atoms with van der Waals surface area (Å²) in [5.41, 5.74) is 3.97. The van der Waals surface area contributed by atoms with Gasteiger partial charge in [-0.25, -0.2) is 18.1 Å². The maximum absolute atomic E-state index is 11.6. The lowest BCUT2D eigenvalue weighted by Crippen LogP contribution is -2.47. The summed E-state index contributed by atoms with van der Waals surface area (Å²) < 4.78 is 31.6. The molecule has 1 atom stereocenters. The van der Waals surface area contributed by atoms with Gasteiger partial charge in [-0.2, -0.15) is 5.26 Å². The molecule has 206 valence electrons. The van der Waals surface area contributed by atoms with E-state index in [-0.39, 0.29) is 12.6 Å². The Kier molecular flexibility index (Phi) is 9.07. The van der Waals surface area contributed by atoms with Gasteiger partial charge in [0.1, 0.15) is 18.5 Å². The molecule has 1 unspecified atom stereocenters. The van der Waals surface area contributed by atoms with Crippen LogP contribution in [0, 0.1) is 11.3 Å². The minimum Gasteiger partial charge on any atom is -0.489 e. The quantitative estimate of drug-likeness (QED) is 0.321. The molecule has 1 fully saturated rings. The number of nitrogens with zero attached hydrogens (tertiary/aromatic N) is 3.